The summed E-state index contributed by atoms with van der Waals surface area (Å²) in [4.78, 5) is 24.3. The topological polar surface area (TPSA) is 78.3 Å². The Labute approximate surface area is 128 Å². The molecule has 1 aromatic rings. The molecule has 1 amide bonds. The Balaban J connectivity index is 1.60. The number of nitrogens with zero attached hydrogens (tertiary/aromatic N) is 3. The first-order valence-corrected chi connectivity index (χ1v) is 8.51. The molecular weight excluding hydrogens is 310 g/mol. The minimum atomic E-state index is -1.31. The first-order chi connectivity index (χ1) is 10.1. The number of carboxylic acid groups (broad SMARTS) is 1. The minimum Gasteiger partial charge on any atom is -0.543 e. The van der Waals surface area contributed by atoms with Crippen molar-refractivity contribution in [3.05, 3.63) is 34.1 Å². The number of carbonyl (C=O) groups excluding carboxylic acids is 2. The van der Waals surface area contributed by atoms with Gasteiger partial charge in [0.25, 0.3) is 5.91 Å². The molecule has 108 valence electrons. The molecule has 0 spiro atoms. The van der Waals surface area contributed by atoms with Gasteiger partial charge in [0.1, 0.15) is 5.37 Å². The largest absolute Gasteiger partial charge is 0.543 e. The Morgan fingerprint density at radius 2 is 2.38 bits per heavy atom. The Bertz CT molecular complexity index is 699. The summed E-state index contributed by atoms with van der Waals surface area (Å²) in [5.41, 5.74) is 2.47. The second kappa shape index (κ2) is 4.67. The van der Waals surface area contributed by atoms with Gasteiger partial charge >= 0.3 is 0 Å². The average Bonchev–Trinajstić information content (AvgIpc) is 3.05. The zero-order valence-corrected chi connectivity index (χ0v) is 12.4. The van der Waals surface area contributed by atoms with E-state index >= 15 is 0 Å². The average molecular weight is 320 g/mol. The number of hydrogen-bond acceptors (Lipinski definition) is 6. The molecule has 8 heteroatoms. The van der Waals surface area contributed by atoms with Crippen molar-refractivity contribution in [2.75, 3.05) is 5.75 Å². The summed E-state index contributed by atoms with van der Waals surface area (Å²) in [5.74, 6) is 0.396. The highest BCUT2D eigenvalue weighted by Gasteiger charge is 2.47. The summed E-state index contributed by atoms with van der Waals surface area (Å²) in [6.45, 7) is 0.887. The van der Waals surface area contributed by atoms with Crippen molar-refractivity contribution in [1.29, 1.82) is 0 Å². The highest BCUT2D eigenvalue weighted by Crippen LogP contribution is 2.44. The number of hydrogen-bond donors (Lipinski definition) is 0. The second-order valence-corrected chi connectivity index (χ2v) is 6.95. The maximum Gasteiger partial charge on any atom is 0.258 e. The van der Waals surface area contributed by atoms with Gasteiger partial charge in [-0.3, -0.25) is 14.4 Å². The number of aromatic nitrogens is 2. The van der Waals surface area contributed by atoms with E-state index in [2.05, 4.69) is 5.10 Å². The van der Waals surface area contributed by atoms with Crippen LogP contribution in [-0.2, 0) is 21.9 Å². The Kier molecular flexibility index (Phi) is 2.90. The van der Waals surface area contributed by atoms with E-state index in [9.17, 15) is 14.7 Å². The van der Waals surface area contributed by atoms with Crippen molar-refractivity contribution in [3.8, 4) is 0 Å². The fourth-order valence-electron chi connectivity index (χ4n) is 2.60. The maximum absolute atomic E-state index is 12.1. The molecule has 1 saturated heterocycles. The Morgan fingerprint density at radius 1 is 1.52 bits per heavy atom. The number of rotatable bonds is 2. The van der Waals surface area contributed by atoms with E-state index in [1.165, 1.54) is 22.1 Å². The quantitative estimate of drug-likeness (QED) is 0.565. The van der Waals surface area contributed by atoms with Gasteiger partial charge in [-0.15, -0.1) is 11.8 Å². The molecule has 0 bridgehead atoms. The molecule has 3 aliphatic rings. The van der Waals surface area contributed by atoms with Crippen molar-refractivity contribution in [2.24, 2.45) is 0 Å². The summed E-state index contributed by atoms with van der Waals surface area (Å²) in [6.07, 6.45) is 1.76. The molecule has 4 heterocycles. The third kappa shape index (κ3) is 1.93. The summed E-state index contributed by atoms with van der Waals surface area (Å²) < 4.78 is 1.97. The van der Waals surface area contributed by atoms with Crippen molar-refractivity contribution < 1.29 is 14.7 Å². The first kappa shape index (κ1) is 13.0. The van der Waals surface area contributed by atoms with E-state index in [0.717, 1.165) is 29.4 Å². The molecule has 0 unspecified atom stereocenters. The van der Waals surface area contributed by atoms with Crippen LogP contribution in [0.3, 0.4) is 0 Å². The molecule has 6 nitrogen and oxygen atoms in total. The maximum atomic E-state index is 12.1. The van der Waals surface area contributed by atoms with Gasteiger partial charge in [-0.1, -0.05) is 0 Å². The fraction of sp³-hybridized carbons (Fsp3) is 0.308. The summed E-state index contributed by atoms with van der Waals surface area (Å²) in [5, 5.41) is 16.6. The summed E-state index contributed by atoms with van der Waals surface area (Å²) in [7, 11) is 0. The molecule has 0 N–H and O–H groups in total. The van der Waals surface area contributed by atoms with Gasteiger partial charge in [-0.2, -0.15) is 16.9 Å². The molecular formula is C13H10N3O3S2-. The number of amides is 1. The molecule has 0 aromatic carbocycles. The number of β-lactam (4-membered cyclic amide) rings is 1. The lowest BCUT2D eigenvalue weighted by atomic mass is 10.0. The lowest BCUT2D eigenvalue weighted by molar-refractivity contribution is -0.301. The van der Waals surface area contributed by atoms with Crippen molar-refractivity contribution in [1.82, 2.24) is 14.7 Å². The van der Waals surface area contributed by atoms with Crippen molar-refractivity contribution in [2.45, 2.75) is 17.7 Å². The van der Waals surface area contributed by atoms with E-state index in [0.29, 0.717) is 5.57 Å². The van der Waals surface area contributed by atoms with Crippen molar-refractivity contribution in [3.63, 3.8) is 0 Å². The van der Waals surface area contributed by atoms with Crippen molar-refractivity contribution >= 4 is 41.5 Å². The van der Waals surface area contributed by atoms with Crippen LogP contribution in [0, 0.1) is 0 Å². The molecule has 1 fully saturated rings. The number of carbonyl (C=O) groups is 2. The predicted molar refractivity (Wildman–Crippen MR) is 77.7 cm³/mol. The van der Waals surface area contributed by atoms with Crippen LogP contribution in [0.1, 0.15) is 11.4 Å². The summed E-state index contributed by atoms with van der Waals surface area (Å²) >= 11 is 3.18. The number of aliphatic carboxylic acids is 1. The van der Waals surface area contributed by atoms with Crippen LogP contribution in [0.25, 0.3) is 6.08 Å². The second-order valence-electron chi connectivity index (χ2n) is 4.89. The van der Waals surface area contributed by atoms with Gasteiger partial charge in [0.2, 0.25) is 0 Å². The van der Waals surface area contributed by atoms with Gasteiger partial charge in [0.15, 0.2) is 0 Å². The van der Waals surface area contributed by atoms with Crippen LogP contribution >= 0.6 is 23.5 Å². The zero-order chi connectivity index (χ0) is 14.6. The molecule has 1 atom stereocenters. The lowest BCUT2D eigenvalue weighted by Gasteiger charge is -2.38. The molecule has 1 aromatic heterocycles. The zero-order valence-electron chi connectivity index (χ0n) is 10.8. The van der Waals surface area contributed by atoms with Crippen LogP contribution in [0.15, 0.2) is 22.7 Å². The predicted octanol–water partition coefficient (Wildman–Crippen LogP) is 0.0197. The van der Waals surface area contributed by atoms with E-state index in [-0.39, 0.29) is 17.0 Å². The van der Waals surface area contributed by atoms with Gasteiger partial charge in [0, 0.05) is 17.2 Å². The van der Waals surface area contributed by atoms with Crippen LogP contribution in [0.2, 0.25) is 0 Å². The summed E-state index contributed by atoms with van der Waals surface area (Å²) in [6, 6.07) is 1.99. The lowest BCUT2D eigenvalue weighted by Crippen LogP contribution is -2.52. The monoisotopic (exact) mass is 320 g/mol. The molecule has 0 saturated carbocycles. The van der Waals surface area contributed by atoms with Gasteiger partial charge in [0.05, 0.1) is 29.5 Å². The highest BCUT2D eigenvalue weighted by molar-refractivity contribution is 8.03. The van der Waals surface area contributed by atoms with E-state index < -0.39 is 5.97 Å². The van der Waals surface area contributed by atoms with Gasteiger partial charge in [-0.25, -0.2) is 0 Å². The number of thioether (sulfide) groups is 2. The van der Waals surface area contributed by atoms with E-state index in [1.807, 2.05) is 22.5 Å². The normalized spacial score (nSPS) is 25.4. The number of carboxylic acids is 1. The van der Waals surface area contributed by atoms with E-state index in [4.69, 9.17) is 0 Å². The minimum absolute atomic E-state index is 0.0484. The Morgan fingerprint density at radius 3 is 3.14 bits per heavy atom. The first-order valence-electron chi connectivity index (χ1n) is 6.42. The SMILES string of the molecule is O=C([O-])C1=CS[C@@H]2/C(=C\c3cc4n(n3)CCSC4)C(=O)N12. The third-order valence-corrected chi connectivity index (χ3v) is 5.68. The van der Waals surface area contributed by atoms with Crippen LogP contribution < -0.4 is 5.11 Å². The van der Waals surface area contributed by atoms with Gasteiger partial charge in [-0.05, 0) is 17.6 Å². The Hall–Kier alpha value is -1.67. The molecule has 4 rings (SSSR count). The molecule has 3 aliphatic heterocycles. The molecule has 0 aliphatic carbocycles. The smallest absolute Gasteiger partial charge is 0.258 e. The standard InChI is InChI=1S/C13H11N3O3S2/c17-11-9(12-16(11)10(6-21-12)13(18)19)4-7-3-8-5-20-2-1-15(8)14-7/h3-4,6,12H,1-2,5H2,(H,18,19)/p-1/b9-4-/t12-/m1/s1. The fourth-order valence-corrected chi connectivity index (χ4v) is 4.61. The van der Waals surface area contributed by atoms with Gasteiger partial charge < -0.3 is 9.90 Å². The highest BCUT2D eigenvalue weighted by atomic mass is 32.2. The number of fused-ring (bicyclic) bond motifs is 2. The molecule has 21 heavy (non-hydrogen) atoms. The molecule has 0 radical (unpaired) electrons. The van der Waals surface area contributed by atoms with Crippen LogP contribution in [0.5, 0.6) is 0 Å². The van der Waals surface area contributed by atoms with E-state index in [1.54, 1.807) is 6.08 Å². The van der Waals surface area contributed by atoms with Crippen LogP contribution in [-0.4, -0.2) is 37.7 Å². The number of aryl methyl sites for hydroxylation is 1. The van der Waals surface area contributed by atoms with Crippen LogP contribution in [0.4, 0.5) is 0 Å². The third-order valence-electron chi connectivity index (χ3n) is 3.63.